The number of benzene rings is 2. The van der Waals surface area contributed by atoms with Gasteiger partial charge in [-0.2, -0.15) is 0 Å². The van der Waals surface area contributed by atoms with Crippen LogP contribution in [0.3, 0.4) is 0 Å². The second-order valence-corrected chi connectivity index (χ2v) is 6.83. The number of rotatable bonds is 8. The van der Waals surface area contributed by atoms with Crippen molar-refractivity contribution in [3.8, 4) is 0 Å². The molecule has 0 heterocycles. The summed E-state index contributed by atoms with van der Waals surface area (Å²) in [6.07, 6.45) is -0.273. The Labute approximate surface area is 167 Å². The van der Waals surface area contributed by atoms with Crippen LogP contribution in [-0.2, 0) is 9.53 Å². The predicted octanol–water partition coefficient (Wildman–Crippen LogP) is 2.87. The molecule has 1 unspecified atom stereocenters. The molecule has 0 aromatic heterocycles. The Hall–Kier alpha value is -2.90. The van der Waals surface area contributed by atoms with Crippen molar-refractivity contribution in [3.05, 3.63) is 64.2 Å². The molecule has 0 spiro atoms. The van der Waals surface area contributed by atoms with Crippen LogP contribution < -0.4 is 11.5 Å². The summed E-state index contributed by atoms with van der Waals surface area (Å²) in [5, 5.41) is 9.64. The molecule has 0 fully saturated rings. The zero-order chi connectivity index (χ0) is 20.8. The third kappa shape index (κ3) is 5.31. The van der Waals surface area contributed by atoms with E-state index < -0.39 is 23.8 Å². The number of ether oxygens (including phenoxy) is 1. The lowest BCUT2D eigenvalue weighted by Crippen LogP contribution is -2.35. The highest BCUT2D eigenvalue weighted by molar-refractivity contribution is 6.31. The maximum absolute atomic E-state index is 12.3. The Morgan fingerprint density at radius 2 is 1.82 bits per heavy atom. The quantitative estimate of drug-likeness (QED) is 0.350. The number of aromatic carboxylic acids is 1. The molecule has 0 aliphatic heterocycles. The molecule has 148 valence electrons. The van der Waals surface area contributed by atoms with Gasteiger partial charge < -0.3 is 21.3 Å². The molecular weight excluding hydrogens is 384 g/mol. The number of hydrogen-bond acceptors (Lipinski definition) is 6. The third-order valence-electron chi connectivity index (χ3n) is 4.22. The van der Waals surface area contributed by atoms with E-state index >= 15 is 0 Å². The van der Waals surface area contributed by atoms with Crippen LogP contribution in [0.1, 0.15) is 45.5 Å². The lowest BCUT2D eigenvalue weighted by atomic mass is 9.96. The molecule has 0 saturated heterocycles. The van der Waals surface area contributed by atoms with Crippen LogP contribution in [0.15, 0.2) is 42.5 Å². The summed E-state index contributed by atoms with van der Waals surface area (Å²) in [5.74, 6) is -2.56. The van der Waals surface area contributed by atoms with E-state index in [1.807, 2.05) is 0 Å². The fourth-order valence-corrected chi connectivity index (χ4v) is 2.89. The van der Waals surface area contributed by atoms with Crippen LogP contribution in [0.25, 0.3) is 0 Å². The van der Waals surface area contributed by atoms with Crippen molar-refractivity contribution in [2.45, 2.75) is 25.3 Å². The highest BCUT2D eigenvalue weighted by Gasteiger charge is 2.23. The predicted molar refractivity (Wildman–Crippen MR) is 106 cm³/mol. The van der Waals surface area contributed by atoms with Gasteiger partial charge in [0.05, 0.1) is 12.2 Å². The van der Waals surface area contributed by atoms with Gasteiger partial charge in [-0.3, -0.25) is 9.59 Å². The minimum atomic E-state index is -1.16. The van der Waals surface area contributed by atoms with Gasteiger partial charge >= 0.3 is 11.9 Å². The average molecular weight is 405 g/mol. The molecule has 0 aliphatic carbocycles. The van der Waals surface area contributed by atoms with Gasteiger partial charge in [0.15, 0.2) is 5.78 Å². The molecule has 2 aromatic rings. The molecule has 2 rings (SSSR count). The first-order valence-electron chi connectivity index (χ1n) is 8.53. The topological polar surface area (TPSA) is 133 Å². The first-order valence-corrected chi connectivity index (χ1v) is 8.91. The monoisotopic (exact) mass is 404 g/mol. The van der Waals surface area contributed by atoms with Gasteiger partial charge in [-0.15, -0.1) is 0 Å². The molecule has 0 aliphatic rings. The minimum Gasteiger partial charge on any atom is -0.478 e. The molecule has 0 radical (unpaired) electrons. The Kier molecular flexibility index (Phi) is 7.14. The number of carboxylic acid groups (broad SMARTS) is 1. The van der Waals surface area contributed by atoms with Crippen molar-refractivity contribution in [3.63, 3.8) is 0 Å². The van der Waals surface area contributed by atoms with E-state index in [0.29, 0.717) is 10.6 Å². The van der Waals surface area contributed by atoms with E-state index in [0.717, 1.165) is 0 Å². The van der Waals surface area contributed by atoms with Gasteiger partial charge in [-0.05, 0) is 29.8 Å². The maximum atomic E-state index is 12.3. The number of nitrogen functional groups attached to an aromatic ring is 1. The molecule has 0 saturated carbocycles. The standard InChI is InChI=1S/C20H21ClN2O5/c1-11(13-4-2-3-5-14(13)19(25)26)10-28-20(27)17(23)9-18(24)15-7-6-12(21)8-16(15)22/h2-8,11,17H,9-10,22-23H2,1H3,(H,25,26)/t11-,17?/m0/s1. The first-order chi connectivity index (χ1) is 13.2. The number of esters is 1. The van der Waals surface area contributed by atoms with Crippen molar-refractivity contribution >= 4 is 35.0 Å². The SMILES string of the molecule is C[C@@H](COC(=O)C(N)CC(=O)c1ccc(Cl)cc1N)c1ccccc1C(=O)O. The number of carboxylic acids is 1. The van der Waals surface area contributed by atoms with Crippen LogP contribution in [-0.4, -0.2) is 35.5 Å². The highest BCUT2D eigenvalue weighted by Crippen LogP contribution is 2.22. The Bertz CT molecular complexity index is 900. The largest absolute Gasteiger partial charge is 0.478 e. The van der Waals surface area contributed by atoms with Gasteiger partial charge in [0.25, 0.3) is 0 Å². The Morgan fingerprint density at radius 1 is 1.14 bits per heavy atom. The van der Waals surface area contributed by atoms with Crippen molar-refractivity contribution in [1.29, 1.82) is 0 Å². The summed E-state index contributed by atoms with van der Waals surface area (Å²) in [7, 11) is 0. The molecule has 0 amide bonds. The van der Waals surface area contributed by atoms with Crippen molar-refractivity contribution in [2.24, 2.45) is 5.73 Å². The molecule has 0 bridgehead atoms. The number of nitrogens with two attached hydrogens (primary N) is 2. The van der Waals surface area contributed by atoms with E-state index in [1.54, 1.807) is 25.1 Å². The normalized spacial score (nSPS) is 12.8. The van der Waals surface area contributed by atoms with Gasteiger partial charge in [0.2, 0.25) is 0 Å². The van der Waals surface area contributed by atoms with Crippen LogP contribution >= 0.6 is 11.6 Å². The number of halogens is 1. The second kappa shape index (κ2) is 9.34. The Morgan fingerprint density at radius 3 is 2.46 bits per heavy atom. The number of anilines is 1. The van der Waals surface area contributed by atoms with Gasteiger partial charge in [-0.25, -0.2) is 4.79 Å². The molecule has 5 N–H and O–H groups in total. The number of carbonyl (C=O) groups is 3. The van der Waals surface area contributed by atoms with Crippen molar-refractivity contribution in [1.82, 2.24) is 0 Å². The van der Waals surface area contributed by atoms with Gasteiger partial charge in [0, 0.05) is 28.6 Å². The van der Waals surface area contributed by atoms with Crippen LogP contribution in [0.2, 0.25) is 5.02 Å². The third-order valence-corrected chi connectivity index (χ3v) is 4.45. The molecular formula is C20H21ClN2O5. The number of ketones is 1. The van der Waals surface area contributed by atoms with E-state index in [-0.39, 0.29) is 35.8 Å². The summed E-state index contributed by atoms with van der Waals surface area (Å²) >= 11 is 5.80. The molecule has 2 atom stereocenters. The number of Topliss-reactive ketones (excluding diaryl/α,β-unsaturated/α-hetero) is 1. The number of hydrogen-bond donors (Lipinski definition) is 3. The minimum absolute atomic E-state index is 0.0614. The summed E-state index contributed by atoms with van der Waals surface area (Å²) in [6, 6.07) is 9.76. The fraction of sp³-hybridized carbons (Fsp3) is 0.250. The van der Waals surface area contributed by atoms with E-state index in [4.69, 9.17) is 27.8 Å². The fourth-order valence-electron chi connectivity index (χ4n) is 2.71. The smallest absolute Gasteiger partial charge is 0.335 e. The molecule has 7 nitrogen and oxygen atoms in total. The highest BCUT2D eigenvalue weighted by atomic mass is 35.5. The maximum Gasteiger partial charge on any atom is 0.335 e. The molecule has 2 aromatic carbocycles. The van der Waals surface area contributed by atoms with Crippen LogP contribution in [0, 0.1) is 0 Å². The summed E-state index contributed by atoms with van der Waals surface area (Å²) in [4.78, 5) is 35.7. The zero-order valence-electron chi connectivity index (χ0n) is 15.2. The van der Waals surface area contributed by atoms with Crippen molar-refractivity contribution in [2.75, 3.05) is 12.3 Å². The summed E-state index contributed by atoms with van der Waals surface area (Å²) in [6.45, 7) is 1.67. The lowest BCUT2D eigenvalue weighted by Gasteiger charge is -2.17. The van der Waals surface area contributed by atoms with E-state index in [9.17, 15) is 19.5 Å². The molecule has 8 heteroatoms. The van der Waals surface area contributed by atoms with Crippen LogP contribution in [0.4, 0.5) is 5.69 Å². The number of carbonyl (C=O) groups excluding carboxylic acids is 2. The zero-order valence-corrected chi connectivity index (χ0v) is 16.0. The van der Waals surface area contributed by atoms with Crippen molar-refractivity contribution < 1.29 is 24.2 Å². The molecule has 28 heavy (non-hydrogen) atoms. The van der Waals surface area contributed by atoms with E-state index in [1.165, 1.54) is 24.3 Å². The summed E-state index contributed by atoms with van der Waals surface area (Å²) in [5.41, 5.74) is 12.7. The Balaban J connectivity index is 1.95. The van der Waals surface area contributed by atoms with Gasteiger partial charge in [-0.1, -0.05) is 36.7 Å². The average Bonchev–Trinajstić information content (AvgIpc) is 2.65. The first kappa shape index (κ1) is 21.4. The summed E-state index contributed by atoms with van der Waals surface area (Å²) < 4.78 is 5.18. The van der Waals surface area contributed by atoms with E-state index in [2.05, 4.69) is 0 Å². The van der Waals surface area contributed by atoms with Crippen LogP contribution in [0.5, 0.6) is 0 Å². The van der Waals surface area contributed by atoms with Gasteiger partial charge in [0.1, 0.15) is 6.04 Å². The lowest BCUT2D eigenvalue weighted by molar-refractivity contribution is -0.145. The second-order valence-electron chi connectivity index (χ2n) is 6.39.